The first-order chi connectivity index (χ1) is 9.51. The molecule has 2 unspecified atom stereocenters. The normalized spacial score (nSPS) is 22.7. The number of carbonyl (C=O) groups is 1. The van der Waals surface area contributed by atoms with Gasteiger partial charge in [0.1, 0.15) is 10.6 Å². The van der Waals surface area contributed by atoms with Crippen LogP contribution in [0, 0.1) is 12.8 Å². The summed E-state index contributed by atoms with van der Waals surface area (Å²) < 4.78 is 0. The summed E-state index contributed by atoms with van der Waals surface area (Å²) in [6, 6.07) is 0. The van der Waals surface area contributed by atoms with Crippen LogP contribution in [0.5, 0.6) is 0 Å². The highest BCUT2D eigenvalue weighted by atomic mass is 32.2. The summed E-state index contributed by atoms with van der Waals surface area (Å²) in [5, 5.41) is 10.0. The number of nitrogens with one attached hydrogen (secondary N) is 1. The SMILES string of the molecule is CCC1CCCC(Sc2nc(=O)[nH]c(C)c2C(=O)O)C1. The summed E-state index contributed by atoms with van der Waals surface area (Å²) in [5.41, 5.74) is 0.0360. The van der Waals surface area contributed by atoms with Gasteiger partial charge in [-0.1, -0.05) is 26.2 Å². The van der Waals surface area contributed by atoms with Crippen LogP contribution >= 0.6 is 11.8 Å². The van der Waals surface area contributed by atoms with Gasteiger partial charge in [-0.25, -0.2) is 9.59 Å². The van der Waals surface area contributed by atoms with E-state index in [1.165, 1.54) is 24.6 Å². The molecular formula is C14H20N2O3S. The van der Waals surface area contributed by atoms with E-state index in [0.717, 1.165) is 19.3 Å². The van der Waals surface area contributed by atoms with E-state index >= 15 is 0 Å². The number of hydrogen-bond acceptors (Lipinski definition) is 4. The van der Waals surface area contributed by atoms with E-state index < -0.39 is 11.7 Å². The van der Waals surface area contributed by atoms with Crippen molar-refractivity contribution in [2.24, 2.45) is 5.92 Å². The molecule has 6 heteroatoms. The molecule has 0 spiro atoms. The number of hydrogen-bond donors (Lipinski definition) is 2. The van der Waals surface area contributed by atoms with Crippen LogP contribution in [-0.2, 0) is 0 Å². The van der Waals surface area contributed by atoms with Gasteiger partial charge in [-0.2, -0.15) is 4.98 Å². The Morgan fingerprint density at radius 3 is 2.90 bits per heavy atom. The Bertz CT molecular complexity index is 556. The Kier molecular flexibility index (Phi) is 4.86. The van der Waals surface area contributed by atoms with Crippen molar-refractivity contribution in [2.45, 2.75) is 56.2 Å². The summed E-state index contributed by atoms with van der Waals surface area (Å²) in [6.07, 6.45) is 5.72. The predicted octanol–water partition coefficient (Wildman–Crippen LogP) is 2.84. The molecule has 5 nitrogen and oxygen atoms in total. The van der Waals surface area contributed by atoms with Crippen molar-refractivity contribution in [3.63, 3.8) is 0 Å². The predicted molar refractivity (Wildman–Crippen MR) is 78.4 cm³/mol. The quantitative estimate of drug-likeness (QED) is 0.835. The van der Waals surface area contributed by atoms with Crippen LogP contribution in [0.1, 0.15) is 55.1 Å². The first kappa shape index (κ1) is 15.1. The van der Waals surface area contributed by atoms with Gasteiger partial charge in [-0.05, 0) is 25.7 Å². The molecule has 0 bridgehead atoms. The maximum atomic E-state index is 11.5. The Hall–Kier alpha value is -1.30. The lowest BCUT2D eigenvalue weighted by Crippen LogP contribution is -2.21. The molecular weight excluding hydrogens is 276 g/mol. The van der Waals surface area contributed by atoms with Gasteiger partial charge in [0.2, 0.25) is 0 Å². The maximum Gasteiger partial charge on any atom is 0.346 e. The van der Waals surface area contributed by atoms with Crippen LogP contribution < -0.4 is 5.69 Å². The van der Waals surface area contributed by atoms with E-state index in [4.69, 9.17) is 0 Å². The molecule has 1 fully saturated rings. The van der Waals surface area contributed by atoms with Crippen LogP contribution in [0.3, 0.4) is 0 Å². The fourth-order valence-electron chi connectivity index (χ4n) is 2.77. The molecule has 20 heavy (non-hydrogen) atoms. The van der Waals surface area contributed by atoms with Crippen molar-refractivity contribution in [3.8, 4) is 0 Å². The fourth-order valence-corrected chi connectivity index (χ4v) is 4.24. The fraction of sp³-hybridized carbons (Fsp3) is 0.643. The average Bonchev–Trinajstić information content (AvgIpc) is 2.37. The number of aromatic carboxylic acids is 1. The number of rotatable bonds is 4. The molecule has 110 valence electrons. The molecule has 0 radical (unpaired) electrons. The molecule has 0 aliphatic heterocycles. The third-order valence-corrected chi connectivity index (χ3v) is 5.17. The number of nitrogens with zero attached hydrogens (tertiary/aromatic N) is 1. The Morgan fingerprint density at radius 1 is 1.50 bits per heavy atom. The first-order valence-corrected chi connectivity index (χ1v) is 7.90. The molecule has 2 rings (SSSR count). The Balaban J connectivity index is 2.24. The third-order valence-electron chi connectivity index (χ3n) is 3.89. The monoisotopic (exact) mass is 296 g/mol. The molecule has 1 aromatic rings. The highest BCUT2D eigenvalue weighted by molar-refractivity contribution is 7.99. The lowest BCUT2D eigenvalue weighted by atomic mass is 9.87. The van der Waals surface area contributed by atoms with Crippen LogP contribution in [0.4, 0.5) is 0 Å². The largest absolute Gasteiger partial charge is 0.478 e. The Morgan fingerprint density at radius 2 is 2.25 bits per heavy atom. The van der Waals surface area contributed by atoms with E-state index in [2.05, 4.69) is 16.9 Å². The zero-order valence-corrected chi connectivity index (χ0v) is 12.6. The van der Waals surface area contributed by atoms with Crippen LogP contribution in [0.15, 0.2) is 9.82 Å². The Labute approximate surface area is 122 Å². The van der Waals surface area contributed by atoms with Gasteiger partial charge < -0.3 is 10.1 Å². The molecule has 1 saturated carbocycles. The first-order valence-electron chi connectivity index (χ1n) is 7.02. The van der Waals surface area contributed by atoms with Crippen molar-refractivity contribution in [2.75, 3.05) is 0 Å². The van der Waals surface area contributed by atoms with Crippen LogP contribution in [0.25, 0.3) is 0 Å². The number of aromatic amines is 1. The topological polar surface area (TPSA) is 83.0 Å². The number of carboxylic acids is 1. The molecule has 2 N–H and O–H groups in total. The van der Waals surface area contributed by atoms with Gasteiger partial charge in [-0.3, -0.25) is 0 Å². The lowest BCUT2D eigenvalue weighted by molar-refractivity contribution is 0.0690. The second-order valence-corrected chi connectivity index (χ2v) is 6.62. The third kappa shape index (κ3) is 3.42. The zero-order chi connectivity index (χ0) is 14.7. The summed E-state index contributed by atoms with van der Waals surface area (Å²) >= 11 is 1.45. The summed E-state index contributed by atoms with van der Waals surface area (Å²) in [4.78, 5) is 29.1. The molecule has 1 heterocycles. The smallest absolute Gasteiger partial charge is 0.346 e. The minimum Gasteiger partial charge on any atom is -0.478 e. The summed E-state index contributed by atoms with van der Waals surface area (Å²) in [6.45, 7) is 3.79. The number of carboxylic acid groups (broad SMARTS) is 1. The van der Waals surface area contributed by atoms with Crippen LogP contribution in [0.2, 0.25) is 0 Å². The standard InChI is InChI=1S/C14H20N2O3S/c1-3-9-5-4-6-10(7-9)20-12-11(13(17)18)8(2)15-14(19)16-12/h9-10H,3-7H2,1-2H3,(H,17,18)(H,15,16,19). The second-order valence-electron chi connectivity index (χ2n) is 5.33. The van der Waals surface area contributed by atoms with Gasteiger partial charge in [-0.15, -0.1) is 11.8 Å². The minimum absolute atomic E-state index is 0.133. The maximum absolute atomic E-state index is 11.5. The van der Waals surface area contributed by atoms with Gasteiger partial charge in [0.05, 0.1) is 0 Å². The van der Waals surface area contributed by atoms with Gasteiger partial charge in [0.15, 0.2) is 0 Å². The number of thioether (sulfide) groups is 1. The minimum atomic E-state index is -1.03. The number of H-pyrrole nitrogens is 1. The number of aromatic nitrogens is 2. The zero-order valence-electron chi connectivity index (χ0n) is 11.8. The molecule has 0 aromatic carbocycles. The number of aryl methyl sites for hydroxylation is 1. The van der Waals surface area contributed by atoms with E-state index in [1.807, 2.05) is 0 Å². The lowest BCUT2D eigenvalue weighted by Gasteiger charge is -2.27. The molecule has 1 aliphatic carbocycles. The molecule has 0 amide bonds. The average molecular weight is 296 g/mol. The van der Waals surface area contributed by atoms with Crippen molar-refractivity contribution < 1.29 is 9.90 Å². The van der Waals surface area contributed by atoms with Gasteiger partial charge in [0.25, 0.3) is 0 Å². The van der Waals surface area contributed by atoms with Crippen molar-refractivity contribution in [1.82, 2.24) is 9.97 Å². The van der Waals surface area contributed by atoms with E-state index in [9.17, 15) is 14.7 Å². The molecule has 1 aliphatic rings. The van der Waals surface area contributed by atoms with Gasteiger partial charge >= 0.3 is 11.7 Å². The van der Waals surface area contributed by atoms with Crippen molar-refractivity contribution in [3.05, 3.63) is 21.7 Å². The van der Waals surface area contributed by atoms with E-state index in [0.29, 0.717) is 21.9 Å². The van der Waals surface area contributed by atoms with E-state index in [-0.39, 0.29) is 5.56 Å². The van der Waals surface area contributed by atoms with Crippen molar-refractivity contribution in [1.29, 1.82) is 0 Å². The van der Waals surface area contributed by atoms with E-state index in [1.54, 1.807) is 6.92 Å². The highest BCUT2D eigenvalue weighted by Crippen LogP contribution is 2.37. The highest BCUT2D eigenvalue weighted by Gasteiger charge is 2.25. The molecule has 1 aromatic heterocycles. The second kappa shape index (κ2) is 6.43. The summed E-state index contributed by atoms with van der Waals surface area (Å²) in [5.74, 6) is -0.325. The van der Waals surface area contributed by atoms with Crippen molar-refractivity contribution >= 4 is 17.7 Å². The van der Waals surface area contributed by atoms with Crippen LogP contribution in [-0.4, -0.2) is 26.3 Å². The van der Waals surface area contributed by atoms with Gasteiger partial charge in [0, 0.05) is 10.9 Å². The molecule has 2 atom stereocenters. The molecule has 0 saturated heterocycles. The summed E-state index contributed by atoms with van der Waals surface area (Å²) in [7, 11) is 0.